The summed E-state index contributed by atoms with van der Waals surface area (Å²) < 4.78 is 7.44. The Kier molecular flexibility index (Phi) is 4.84. The van der Waals surface area contributed by atoms with Gasteiger partial charge in [0.15, 0.2) is 5.69 Å². The first-order valence-electron chi connectivity index (χ1n) is 10.7. The highest BCUT2D eigenvalue weighted by Crippen LogP contribution is 2.40. The molecule has 2 aromatic rings. The summed E-state index contributed by atoms with van der Waals surface area (Å²) in [7, 11) is 0. The molecule has 0 bridgehead atoms. The lowest BCUT2D eigenvalue weighted by Crippen LogP contribution is -2.34. The molecule has 5 rings (SSSR count). The molecule has 1 aromatic heterocycles. The SMILES string of the molecule is O=C(O)c1ccn(C(=O)N2C[C@H]3CC(Oc4cccc(N5CCCC5)c4)C[C@H]3C2)n1. The summed E-state index contributed by atoms with van der Waals surface area (Å²) >= 11 is 0. The number of carbonyl (C=O) groups is 2. The van der Waals surface area contributed by atoms with Crippen LogP contribution in [0.15, 0.2) is 36.5 Å². The maximum Gasteiger partial charge on any atom is 0.356 e. The Hall–Kier alpha value is -3.03. The molecule has 3 atom stereocenters. The molecule has 1 aliphatic carbocycles. The molecule has 1 aromatic carbocycles. The normalized spacial score (nSPS) is 25.5. The number of rotatable bonds is 4. The van der Waals surface area contributed by atoms with Crippen molar-refractivity contribution in [1.82, 2.24) is 14.7 Å². The number of ether oxygens (including phenoxy) is 1. The van der Waals surface area contributed by atoms with E-state index in [9.17, 15) is 9.59 Å². The molecule has 3 heterocycles. The first-order valence-corrected chi connectivity index (χ1v) is 10.7. The van der Waals surface area contributed by atoms with Gasteiger partial charge in [-0.15, -0.1) is 0 Å². The fourth-order valence-corrected chi connectivity index (χ4v) is 5.11. The highest BCUT2D eigenvalue weighted by atomic mass is 16.5. The van der Waals surface area contributed by atoms with Crippen molar-refractivity contribution in [1.29, 1.82) is 0 Å². The average Bonchev–Trinajstić information content (AvgIpc) is 3.50. The third-order valence-electron chi connectivity index (χ3n) is 6.57. The molecule has 8 heteroatoms. The quantitative estimate of drug-likeness (QED) is 0.834. The number of nitrogens with zero attached hydrogens (tertiary/aromatic N) is 4. The average molecular weight is 410 g/mol. The number of hydrogen-bond acceptors (Lipinski definition) is 5. The van der Waals surface area contributed by atoms with Gasteiger partial charge in [0, 0.05) is 44.1 Å². The van der Waals surface area contributed by atoms with Crippen LogP contribution < -0.4 is 9.64 Å². The summed E-state index contributed by atoms with van der Waals surface area (Å²) in [6.45, 7) is 3.56. The van der Waals surface area contributed by atoms with Crippen LogP contribution in [-0.2, 0) is 0 Å². The van der Waals surface area contributed by atoms with Crippen LogP contribution in [0.2, 0.25) is 0 Å². The molecule has 158 valence electrons. The van der Waals surface area contributed by atoms with Crippen LogP contribution in [0.4, 0.5) is 10.5 Å². The van der Waals surface area contributed by atoms with Crippen LogP contribution in [0, 0.1) is 11.8 Å². The van der Waals surface area contributed by atoms with Crippen molar-refractivity contribution >= 4 is 17.7 Å². The first kappa shape index (κ1) is 19.0. The fourth-order valence-electron chi connectivity index (χ4n) is 5.11. The molecule has 8 nitrogen and oxygen atoms in total. The van der Waals surface area contributed by atoms with Gasteiger partial charge < -0.3 is 19.6 Å². The van der Waals surface area contributed by atoms with E-state index in [0.29, 0.717) is 24.9 Å². The molecular formula is C22H26N4O4. The molecule has 1 N–H and O–H groups in total. The molecule has 0 radical (unpaired) electrons. The van der Waals surface area contributed by atoms with Crippen LogP contribution in [0.3, 0.4) is 0 Å². The Morgan fingerprint density at radius 1 is 1.07 bits per heavy atom. The molecule has 2 saturated heterocycles. The van der Waals surface area contributed by atoms with Gasteiger partial charge in [-0.05, 0) is 55.7 Å². The van der Waals surface area contributed by atoms with E-state index in [4.69, 9.17) is 9.84 Å². The maximum absolute atomic E-state index is 12.6. The zero-order valence-electron chi connectivity index (χ0n) is 16.8. The number of aromatic nitrogens is 2. The Bertz CT molecular complexity index is 938. The van der Waals surface area contributed by atoms with E-state index in [0.717, 1.165) is 36.4 Å². The Balaban J connectivity index is 1.17. The van der Waals surface area contributed by atoms with Crippen LogP contribution in [0.25, 0.3) is 0 Å². The summed E-state index contributed by atoms with van der Waals surface area (Å²) in [5.74, 6) is 0.620. The number of aromatic carboxylic acids is 1. The number of hydrogen-bond donors (Lipinski definition) is 1. The summed E-state index contributed by atoms with van der Waals surface area (Å²) in [6.07, 6.45) is 5.96. The van der Waals surface area contributed by atoms with Gasteiger partial charge >= 0.3 is 12.0 Å². The monoisotopic (exact) mass is 410 g/mol. The maximum atomic E-state index is 12.6. The Morgan fingerprint density at radius 3 is 2.47 bits per heavy atom. The number of benzene rings is 1. The predicted molar refractivity (Wildman–Crippen MR) is 110 cm³/mol. The second-order valence-corrected chi connectivity index (χ2v) is 8.56. The Morgan fingerprint density at radius 2 is 1.80 bits per heavy atom. The number of carboxylic acid groups (broad SMARTS) is 1. The van der Waals surface area contributed by atoms with E-state index in [2.05, 4.69) is 28.2 Å². The number of carbonyl (C=O) groups excluding carboxylic acids is 1. The number of carboxylic acids is 1. The van der Waals surface area contributed by atoms with Crippen molar-refractivity contribution < 1.29 is 19.4 Å². The van der Waals surface area contributed by atoms with Crippen molar-refractivity contribution in [3.05, 3.63) is 42.2 Å². The summed E-state index contributed by atoms with van der Waals surface area (Å²) in [6, 6.07) is 9.48. The minimum absolute atomic E-state index is 0.118. The van der Waals surface area contributed by atoms with E-state index in [1.54, 1.807) is 4.90 Å². The topological polar surface area (TPSA) is 87.9 Å². The zero-order chi connectivity index (χ0) is 20.7. The van der Waals surface area contributed by atoms with Gasteiger partial charge in [0.25, 0.3) is 0 Å². The molecule has 1 amide bonds. The van der Waals surface area contributed by atoms with Crippen molar-refractivity contribution in [3.8, 4) is 5.75 Å². The lowest BCUT2D eigenvalue weighted by molar-refractivity contribution is 0.0690. The van der Waals surface area contributed by atoms with Gasteiger partial charge in [-0.25, -0.2) is 9.59 Å². The van der Waals surface area contributed by atoms with E-state index >= 15 is 0 Å². The second-order valence-electron chi connectivity index (χ2n) is 8.56. The third kappa shape index (κ3) is 3.62. The van der Waals surface area contributed by atoms with E-state index in [-0.39, 0.29) is 17.8 Å². The van der Waals surface area contributed by atoms with Crippen molar-refractivity contribution in [3.63, 3.8) is 0 Å². The molecule has 30 heavy (non-hydrogen) atoms. The molecule has 1 unspecified atom stereocenters. The second kappa shape index (κ2) is 7.66. The van der Waals surface area contributed by atoms with Gasteiger partial charge in [-0.1, -0.05) is 6.07 Å². The smallest absolute Gasteiger partial charge is 0.356 e. The van der Waals surface area contributed by atoms with Gasteiger partial charge in [-0.3, -0.25) is 0 Å². The first-order chi connectivity index (χ1) is 14.6. The van der Waals surface area contributed by atoms with Crippen molar-refractivity contribution in [2.45, 2.75) is 31.8 Å². The van der Waals surface area contributed by atoms with Crippen LogP contribution in [0.1, 0.15) is 36.2 Å². The minimum Gasteiger partial charge on any atom is -0.490 e. The van der Waals surface area contributed by atoms with Gasteiger partial charge in [0.2, 0.25) is 0 Å². The lowest BCUT2D eigenvalue weighted by Gasteiger charge is -2.21. The molecular weight excluding hydrogens is 384 g/mol. The van der Waals surface area contributed by atoms with Gasteiger partial charge in [-0.2, -0.15) is 9.78 Å². The van der Waals surface area contributed by atoms with Gasteiger partial charge in [0.1, 0.15) is 5.75 Å². The largest absolute Gasteiger partial charge is 0.490 e. The van der Waals surface area contributed by atoms with E-state index in [1.807, 2.05) is 6.07 Å². The minimum atomic E-state index is -1.13. The number of anilines is 1. The van der Waals surface area contributed by atoms with Crippen LogP contribution in [0.5, 0.6) is 5.75 Å². The third-order valence-corrected chi connectivity index (χ3v) is 6.57. The standard InChI is InChI=1S/C22H26N4O4/c27-21(28)20-6-9-26(23-20)22(29)25-13-15-10-19(11-16(15)14-25)30-18-5-3-4-17(12-18)24-7-1-2-8-24/h3-6,9,12,15-16,19H,1-2,7-8,10-11,13-14H2,(H,27,28)/t15-,16+,19?. The molecule has 1 saturated carbocycles. The molecule has 3 aliphatic rings. The highest BCUT2D eigenvalue weighted by molar-refractivity contribution is 5.86. The summed E-state index contributed by atoms with van der Waals surface area (Å²) in [4.78, 5) is 27.8. The summed E-state index contributed by atoms with van der Waals surface area (Å²) in [5.41, 5.74) is 1.12. The number of fused-ring (bicyclic) bond motifs is 1. The van der Waals surface area contributed by atoms with Gasteiger partial charge in [0.05, 0.1) is 6.10 Å². The zero-order valence-corrected chi connectivity index (χ0v) is 16.8. The van der Waals surface area contributed by atoms with Crippen LogP contribution >= 0.6 is 0 Å². The number of likely N-dealkylation sites (tertiary alicyclic amines) is 1. The van der Waals surface area contributed by atoms with Crippen molar-refractivity contribution in [2.24, 2.45) is 11.8 Å². The summed E-state index contributed by atoms with van der Waals surface area (Å²) in [5, 5.41) is 12.8. The molecule has 0 spiro atoms. The van der Waals surface area contributed by atoms with Crippen molar-refractivity contribution in [2.75, 3.05) is 31.1 Å². The molecule has 2 aliphatic heterocycles. The lowest BCUT2D eigenvalue weighted by atomic mass is 10.0. The van der Waals surface area contributed by atoms with E-state index in [1.165, 1.54) is 30.8 Å². The van der Waals surface area contributed by atoms with E-state index < -0.39 is 5.97 Å². The predicted octanol–water partition coefficient (Wildman–Crippen LogP) is 2.94. The Labute approximate surface area is 175 Å². The number of amides is 1. The fraction of sp³-hybridized carbons (Fsp3) is 0.500. The van der Waals surface area contributed by atoms with Crippen LogP contribution in [-0.4, -0.2) is 64.1 Å². The molecule has 3 fully saturated rings. The highest BCUT2D eigenvalue weighted by Gasteiger charge is 2.43.